The first kappa shape index (κ1) is 41.1. The highest BCUT2D eigenvalue weighted by Gasteiger charge is 2.64. The van der Waals surface area contributed by atoms with Crippen LogP contribution < -0.4 is 24.8 Å². The number of amides is 4. The fourth-order valence-electron chi connectivity index (χ4n) is 7.69. The summed E-state index contributed by atoms with van der Waals surface area (Å²) in [5, 5.41) is 5.60. The number of hydrogen-bond donors (Lipinski definition) is 3. The highest BCUT2D eigenvalue weighted by atomic mass is 32.2. The molecule has 1 aromatic heterocycles. The minimum Gasteiger partial charge on any atom is -0.497 e. The Morgan fingerprint density at radius 2 is 1.84 bits per heavy atom. The largest absolute Gasteiger partial charge is 0.497 e. The number of carbonyl (C=O) groups is 4. The molecular weight excluding hydrogens is 748 g/mol. The zero-order valence-electron chi connectivity index (χ0n) is 33.0. The number of alkyl carbamates (subject to hydrolysis) is 1. The van der Waals surface area contributed by atoms with Gasteiger partial charge in [0.2, 0.25) is 27.7 Å². The predicted molar refractivity (Wildman–Crippen MR) is 204 cm³/mol. The maximum absolute atomic E-state index is 14.8. The Kier molecular flexibility index (Phi) is 11.3. The molecular formula is C39H53FN6O9S. The van der Waals surface area contributed by atoms with Crippen LogP contribution in [-0.2, 0) is 29.1 Å². The third-order valence-electron chi connectivity index (χ3n) is 11.2. The highest BCUT2D eigenvalue weighted by molar-refractivity contribution is 7.91. The van der Waals surface area contributed by atoms with E-state index >= 15 is 0 Å². The van der Waals surface area contributed by atoms with Crippen molar-refractivity contribution in [2.45, 2.75) is 121 Å². The van der Waals surface area contributed by atoms with Crippen LogP contribution in [-0.4, -0.2) is 102 Å². The quantitative estimate of drug-likeness (QED) is 0.327. The van der Waals surface area contributed by atoms with Gasteiger partial charge in [-0.05, 0) is 90.2 Å². The molecule has 2 aliphatic carbocycles. The number of nitrogens with one attached hydrogen (secondary N) is 3. The molecule has 2 aromatic rings. The van der Waals surface area contributed by atoms with Crippen LogP contribution >= 0.6 is 0 Å². The molecule has 3 heterocycles. The number of allylic oxidation sites excluding steroid dienone is 1. The Bertz CT molecular complexity index is 2020. The first-order chi connectivity index (χ1) is 26.3. The standard InChI is InChI=1S/C39H53FN6O9S/c1-22-10-8-9-11-25-19-39(25,35(49)45-56(51,52)38(21-40)14-15-38)44-32(47)30-18-27(54-33-24(3)41-28-13-12-26(53-7)17-29(28)42-33)20-46(30)34(48)31(23(2)16-22)43-36(50)55-37(4,5)6/h9,11-13,17,22-23,25,27,30-31H,8,10,14-16,18-21H2,1-7H3,(H,43,50)(H,44,47)(H,45,49). The number of aromatic nitrogens is 2. The van der Waals surface area contributed by atoms with E-state index in [0.717, 1.165) is 6.42 Å². The van der Waals surface area contributed by atoms with E-state index in [9.17, 15) is 32.0 Å². The maximum Gasteiger partial charge on any atom is 0.408 e. The second kappa shape index (κ2) is 15.4. The average Bonchev–Trinajstić information content (AvgIpc) is 4.02. The number of alkyl halides is 1. The molecule has 56 heavy (non-hydrogen) atoms. The van der Waals surface area contributed by atoms with Crippen molar-refractivity contribution in [3.8, 4) is 11.6 Å². The minimum atomic E-state index is -4.39. The average molecular weight is 801 g/mol. The number of fused-ring (bicyclic) bond motifs is 3. The van der Waals surface area contributed by atoms with Gasteiger partial charge in [-0.1, -0.05) is 26.0 Å². The highest BCUT2D eigenvalue weighted by Crippen LogP contribution is 2.48. The van der Waals surface area contributed by atoms with Gasteiger partial charge in [0.15, 0.2) is 0 Å². The number of ether oxygens (including phenoxy) is 3. The molecule has 17 heteroatoms. The monoisotopic (exact) mass is 800 g/mol. The molecule has 7 atom stereocenters. The van der Waals surface area contributed by atoms with Crippen molar-refractivity contribution in [3.63, 3.8) is 0 Å². The number of halogens is 1. The summed E-state index contributed by atoms with van der Waals surface area (Å²) in [6.45, 7) is 9.56. The maximum atomic E-state index is 14.8. The van der Waals surface area contributed by atoms with Crippen LogP contribution in [0.25, 0.3) is 11.0 Å². The van der Waals surface area contributed by atoms with Gasteiger partial charge in [0, 0.05) is 18.4 Å². The molecule has 0 bridgehead atoms. The molecule has 306 valence electrons. The van der Waals surface area contributed by atoms with Gasteiger partial charge in [0.25, 0.3) is 5.91 Å². The predicted octanol–water partition coefficient (Wildman–Crippen LogP) is 4.02. The summed E-state index contributed by atoms with van der Waals surface area (Å²) in [4.78, 5) is 66.9. The van der Waals surface area contributed by atoms with Crippen LogP contribution in [0.15, 0.2) is 30.4 Å². The van der Waals surface area contributed by atoms with Crippen molar-refractivity contribution in [1.82, 2.24) is 30.2 Å². The number of rotatable bonds is 8. The Morgan fingerprint density at radius 3 is 2.50 bits per heavy atom. The number of benzene rings is 1. The molecule has 3 fully saturated rings. The summed E-state index contributed by atoms with van der Waals surface area (Å²) in [7, 11) is -2.85. The molecule has 6 rings (SSSR count). The fourth-order valence-corrected chi connectivity index (χ4v) is 9.11. The number of aryl methyl sites for hydroxylation is 1. The molecule has 1 aromatic carbocycles. The van der Waals surface area contributed by atoms with E-state index in [1.165, 1.54) is 12.0 Å². The summed E-state index contributed by atoms with van der Waals surface area (Å²) in [5.74, 6) is -2.28. The van der Waals surface area contributed by atoms with Gasteiger partial charge in [0.05, 0.1) is 24.7 Å². The number of sulfonamides is 1. The Balaban J connectivity index is 1.35. The van der Waals surface area contributed by atoms with Crippen molar-refractivity contribution in [3.05, 3.63) is 36.0 Å². The second-order valence-electron chi connectivity index (χ2n) is 16.9. The molecule has 2 saturated carbocycles. The Hall–Kier alpha value is -4.54. The SMILES string of the molecule is COc1ccc2nc(C)c(OC3CC4C(=O)NC5(C(=O)NS(=O)(=O)C6(CF)CC6)CC5C=CCCC(C)CC(C)C(NC(=O)OC(C)(C)C)C(=O)N4C3)nc2c1. The molecule has 0 radical (unpaired) electrons. The molecule has 3 N–H and O–H groups in total. The van der Waals surface area contributed by atoms with E-state index in [2.05, 4.69) is 25.3 Å². The summed E-state index contributed by atoms with van der Waals surface area (Å²) in [5.41, 5.74) is -0.914. The van der Waals surface area contributed by atoms with E-state index in [1.54, 1.807) is 52.0 Å². The number of hydrogen-bond acceptors (Lipinski definition) is 11. The number of carbonyl (C=O) groups excluding carboxylic acids is 4. The van der Waals surface area contributed by atoms with Crippen molar-refractivity contribution >= 4 is 44.9 Å². The first-order valence-corrected chi connectivity index (χ1v) is 20.7. The molecule has 2 aliphatic heterocycles. The van der Waals surface area contributed by atoms with Gasteiger partial charge in [-0.2, -0.15) is 0 Å². The number of nitrogens with zero attached hydrogens (tertiary/aromatic N) is 3. The zero-order chi connectivity index (χ0) is 40.8. The Labute approximate surface area is 326 Å². The van der Waals surface area contributed by atoms with E-state index in [0.29, 0.717) is 35.3 Å². The smallest absolute Gasteiger partial charge is 0.408 e. The first-order valence-electron chi connectivity index (χ1n) is 19.2. The molecule has 7 unspecified atom stereocenters. The van der Waals surface area contributed by atoms with Crippen LogP contribution in [0.3, 0.4) is 0 Å². The van der Waals surface area contributed by atoms with E-state index < -0.39 is 80.5 Å². The van der Waals surface area contributed by atoms with Crippen molar-refractivity contribution in [2.75, 3.05) is 20.3 Å². The lowest BCUT2D eigenvalue weighted by molar-refractivity contribution is -0.142. The van der Waals surface area contributed by atoms with Gasteiger partial charge < -0.3 is 29.7 Å². The minimum absolute atomic E-state index is 0.0275. The zero-order valence-corrected chi connectivity index (χ0v) is 33.8. The van der Waals surface area contributed by atoms with E-state index in [4.69, 9.17) is 14.2 Å². The van der Waals surface area contributed by atoms with E-state index in [-0.39, 0.29) is 49.9 Å². The summed E-state index contributed by atoms with van der Waals surface area (Å²) >= 11 is 0. The second-order valence-corrected chi connectivity index (χ2v) is 19.0. The summed E-state index contributed by atoms with van der Waals surface area (Å²) < 4.78 is 57.9. The normalized spacial score (nSPS) is 29.2. The molecule has 15 nitrogen and oxygen atoms in total. The van der Waals surface area contributed by atoms with Crippen LogP contribution in [0.1, 0.15) is 85.3 Å². The molecule has 1 saturated heterocycles. The Morgan fingerprint density at radius 1 is 1.11 bits per heavy atom. The molecule has 4 amide bonds. The van der Waals surface area contributed by atoms with Gasteiger partial charge in [0.1, 0.15) is 52.2 Å². The van der Waals surface area contributed by atoms with Gasteiger partial charge in [-0.25, -0.2) is 27.6 Å². The third-order valence-corrected chi connectivity index (χ3v) is 13.3. The van der Waals surface area contributed by atoms with Crippen LogP contribution in [0, 0.1) is 24.7 Å². The summed E-state index contributed by atoms with van der Waals surface area (Å²) in [6.07, 6.45) is 4.28. The van der Waals surface area contributed by atoms with Crippen LogP contribution in [0.5, 0.6) is 11.6 Å². The topological polar surface area (TPSA) is 195 Å². The lowest BCUT2D eigenvalue weighted by atomic mass is 9.88. The number of methoxy groups -OCH3 is 1. The third kappa shape index (κ3) is 8.56. The lowest BCUT2D eigenvalue weighted by Gasteiger charge is -2.33. The van der Waals surface area contributed by atoms with Gasteiger partial charge in [-0.3, -0.25) is 19.1 Å². The van der Waals surface area contributed by atoms with E-state index in [1.807, 2.05) is 19.9 Å². The molecule has 0 spiro atoms. The van der Waals surface area contributed by atoms with Crippen molar-refractivity contribution in [2.24, 2.45) is 17.8 Å². The van der Waals surface area contributed by atoms with Crippen molar-refractivity contribution in [1.29, 1.82) is 0 Å². The molecule has 4 aliphatic rings. The van der Waals surface area contributed by atoms with Crippen molar-refractivity contribution < 1.29 is 46.2 Å². The lowest BCUT2D eigenvalue weighted by Crippen LogP contribution is -2.59. The van der Waals surface area contributed by atoms with Gasteiger partial charge >= 0.3 is 6.09 Å². The fraction of sp³-hybridized carbons (Fsp3) is 0.641. The van der Waals surface area contributed by atoms with Crippen LogP contribution in [0.2, 0.25) is 0 Å². The van der Waals surface area contributed by atoms with Gasteiger partial charge in [-0.15, -0.1) is 0 Å². The summed E-state index contributed by atoms with van der Waals surface area (Å²) in [6, 6.07) is 2.95. The van der Waals surface area contributed by atoms with Crippen LogP contribution in [0.4, 0.5) is 9.18 Å².